The molecule has 0 radical (unpaired) electrons. The van der Waals surface area contributed by atoms with E-state index in [1.807, 2.05) is 18.2 Å². The fourth-order valence-electron chi connectivity index (χ4n) is 3.47. The van der Waals surface area contributed by atoms with Crippen LogP contribution in [0.3, 0.4) is 0 Å². The summed E-state index contributed by atoms with van der Waals surface area (Å²) in [6.45, 7) is 3.45. The zero-order chi connectivity index (χ0) is 17.0. The first kappa shape index (κ1) is 16.8. The second-order valence-electron chi connectivity index (χ2n) is 6.69. The van der Waals surface area contributed by atoms with Crippen molar-refractivity contribution < 1.29 is 19.4 Å². The molecule has 1 N–H and O–H groups in total. The number of piperidine rings is 1. The molecule has 1 spiro atoms. The lowest BCUT2D eigenvalue weighted by molar-refractivity contribution is -0.137. The van der Waals surface area contributed by atoms with Gasteiger partial charge in [-0.25, -0.2) is 4.79 Å². The van der Waals surface area contributed by atoms with Crippen LogP contribution in [-0.2, 0) is 16.0 Å². The monoisotopic (exact) mass is 332 g/mol. The third-order valence-corrected chi connectivity index (χ3v) is 4.96. The van der Waals surface area contributed by atoms with Gasteiger partial charge in [0, 0.05) is 39.0 Å². The summed E-state index contributed by atoms with van der Waals surface area (Å²) < 4.78 is 5.71. The summed E-state index contributed by atoms with van der Waals surface area (Å²) in [6, 6.07) is 10.1. The van der Waals surface area contributed by atoms with Crippen LogP contribution in [0.5, 0.6) is 0 Å². The summed E-state index contributed by atoms with van der Waals surface area (Å²) in [5.41, 5.74) is 0.836. The number of carbonyl (C=O) groups excluding carboxylic acids is 1. The van der Waals surface area contributed by atoms with Crippen LogP contribution in [0.2, 0.25) is 0 Å². The molecule has 1 amide bonds. The molecule has 0 saturated carbocycles. The minimum atomic E-state index is -0.769. The van der Waals surface area contributed by atoms with Crippen molar-refractivity contribution in [1.82, 2.24) is 9.80 Å². The lowest BCUT2D eigenvalue weighted by Crippen LogP contribution is -2.47. The molecule has 6 heteroatoms. The molecule has 0 aliphatic carbocycles. The average Bonchev–Trinajstić information content (AvgIpc) is 2.89. The fourth-order valence-corrected chi connectivity index (χ4v) is 3.47. The van der Waals surface area contributed by atoms with Gasteiger partial charge in [0.1, 0.15) is 5.60 Å². The van der Waals surface area contributed by atoms with Gasteiger partial charge in [-0.3, -0.25) is 4.79 Å². The van der Waals surface area contributed by atoms with Crippen LogP contribution >= 0.6 is 0 Å². The number of carbonyl (C=O) groups is 2. The lowest BCUT2D eigenvalue weighted by Gasteiger charge is -2.37. The van der Waals surface area contributed by atoms with Crippen molar-refractivity contribution in [1.29, 1.82) is 0 Å². The van der Waals surface area contributed by atoms with Gasteiger partial charge in [-0.2, -0.15) is 0 Å². The summed E-state index contributed by atoms with van der Waals surface area (Å²) in [5.74, 6) is -0.769. The molecule has 2 aliphatic heterocycles. The van der Waals surface area contributed by atoms with Crippen LogP contribution in [0.4, 0.5) is 4.79 Å². The Morgan fingerprint density at radius 1 is 1.17 bits per heavy atom. The number of aliphatic carboxylic acids is 1. The highest BCUT2D eigenvalue weighted by Gasteiger charge is 2.46. The first-order valence-corrected chi connectivity index (χ1v) is 8.52. The summed E-state index contributed by atoms with van der Waals surface area (Å²) >= 11 is 0. The van der Waals surface area contributed by atoms with E-state index in [0.717, 1.165) is 32.4 Å². The number of benzene rings is 1. The average molecular weight is 332 g/mol. The topological polar surface area (TPSA) is 70.1 Å². The molecule has 6 nitrogen and oxygen atoms in total. The van der Waals surface area contributed by atoms with Crippen LogP contribution in [0.25, 0.3) is 0 Å². The number of carboxylic acids is 1. The minimum Gasteiger partial charge on any atom is -0.481 e. The molecule has 24 heavy (non-hydrogen) atoms. The third kappa shape index (κ3) is 4.06. The predicted octanol–water partition coefficient (Wildman–Crippen LogP) is 1.99. The number of hydrogen-bond acceptors (Lipinski definition) is 4. The predicted molar refractivity (Wildman–Crippen MR) is 88.9 cm³/mol. The first-order chi connectivity index (χ1) is 11.6. The molecule has 130 valence electrons. The summed E-state index contributed by atoms with van der Waals surface area (Å²) in [7, 11) is 0. The van der Waals surface area contributed by atoms with Crippen LogP contribution in [0.1, 0.15) is 24.8 Å². The molecule has 2 aliphatic rings. The molecule has 1 aromatic rings. The molecule has 2 fully saturated rings. The number of rotatable bonds is 6. The second kappa shape index (κ2) is 7.21. The zero-order valence-electron chi connectivity index (χ0n) is 13.8. The molecule has 3 rings (SSSR count). The standard InChI is InChI=1S/C18H24N2O4/c21-16(22)7-10-19-12-8-18(9-13-19)14-20(17(23)24-18)11-6-15-4-2-1-3-5-15/h1-5H,6-14H2,(H,21,22). The van der Waals surface area contributed by atoms with E-state index in [2.05, 4.69) is 17.0 Å². The molecule has 0 bridgehead atoms. The van der Waals surface area contributed by atoms with Crippen molar-refractivity contribution in [2.45, 2.75) is 31.3 Å². The zero-order valence-corrected chi connectivity index (χ0v) is 13.8. The molecule has 1 aromatic carbocycles. The van der Waals surface area contributed by atoms with E-state index in [-0.39, 0.29) is 18.1 Å². The molecular weight excluding hydrogens is 308 g/mol. The largest absolute Gasteiger partial charge is 0.481 e. The molecule has 0 unspecified atom stereocenters. The first-order valence-electron chi connectivity index (χ1n) is 8.52. The van der Waals surface area contributed by atoms with Gasteiger partial charge < -0.3 is 19.6 Å². The van der Waals surface area contributed by atoms with E-state index in [9.17, 15) is 9.59 Å². The van der Waals surface area contributed by atoms with E-state index < -0.39 is 5.97 Å². The van der Waals surface area contributed by atoms with E-state index in [4.69, 9.17) is 9.84 Å². The second-order valence-corrected chi connectivity index (χ2v) is 6.69. The minimum absolute atomic E-state index is 0.163. The number of amides is 1. The van der Waals surface area contributed by atoms with E-state index >= 15 is 0 Å². The Kier molecular flexibility index (Phi) is 5.04. The van der Waals surface area contributed by atoms with Crippen molar-refractivity contribution in [3.63, 3.8) is 0 Å². The SMILES string of the molecule is O=C(O)CCN1CCC2(CC1)CN(CCc1ccccc1)C(=O)O2. The molecule has 2 saturated heterocycles. The molecule has 2 heterocycles. The Bertz CT molecular complexity index is 582. The lowest BCUT2D eigenvalue weighted by atomic mass is 9.91. The van der Waals surface area contributed by atoms with Gasteiger partial charge in [0.25, 0.3) is 0 Å². The summed E-state index contributed by atoms with van der Waals surface area (Å²) in [5, 5.41) is 8.77. The van der Waals surface area contributed by atoms with Crippen LogP contribution < -0.4 is 0 Å². The van der Waals surface area contributed by atoms with Crippen LogP contribution in [-0.4, -0.2) is 65.3 Å². The molecule has 0 atom stereocenters. The highest BCUT2D eigenvalue weighted by Crippen LogP contribution is 2.33. The van der Waals surface area contributed by atoms with Gasteiger partial charge in [-0.15, -0.1) is 0 Å². The molecular formula is C18H24N2O4. The van der Waals surface area contributed by atoms with E-state index in [1.165, 1.54) is 5.56 Å². The molecule has 0 aromatic heterocycles. The Morgan fingerprint density at radius 3 is 2.54 bits per heavy atom. The Hall–Kier alpha value is -2.08. The van der Waals surface area contributed by atoms with Crippen molar-refractivity contribution in [3.8, 4) is 0 Å². The number of ether oxygens (including phenoxy) is 1. The van der Waals surface area contributed by atoms with E-state index in [1.54, 1.807) is 4.90 Å². The summed E-state index contributed by atoms with van der Waals surface area (Å²) in [6.07, 6.45) is 2.33. The van der Waals surface area contributed by atoms with Gasteiger partial charge >= 0.3 is 12.1 Å². The maximum atomic E-state index is 12.2. The third-order valence-electron chi connectivity index (χ3n) is 4.96. The quantitative estimate of drug-likeness (QED) is 0.863. The Balaban J connectivity index is 1.49. The number of nitrogens with zero attached hydrogens (tertiary/aromatic N) is 2. The van der Waals surface area contributed by atoms with Gasteiger partial charge in [0.2, 0.25) is 0 Å². The maximum Gasteiger partial charge on any atom is 0.410 e. The normalized spacial score (nSPS) is 20.3. The van der Waals surface area contributed by atoms with Crippen molar-refractivity contribution in [2.75, 3.05) is 32.7 Å². The highest BCUT2D eigenvalue weighted by atomic mass is 16.6. The maximum absolute atomic E-state index is 12.2. The van der Waals surface area contributed by atoms with E-state index in [0.29, 0.717) is 19.6 Å². The number of carboxylic acid groups (broad SMARTS) is 1. The van der Waals surface area contributed by atoms with Crippen LogP contribution in [0, 0.1) is 0 Å². The highest BCUT2D eigenvalue weighted by molar-refractivity contribution is 5.70. The number of hydrogen-bond donors (Lipinski definition) is 1. The van der Waals surface area contributed by atoms with Gasteiger partial charge in [0.15, 0.2) is 0 Å². The van der Waals surface area contributed by atoms with Crippen molar-refractivity contribution >= 4 is 12.1 Å². The number of likely N-dealkylation sites (tertiary alicyclic amines) is 1. The smallest absolute Gasteiger partial charge is 0.410 e. The fraction of sp³-hybridized carbons (Fsp3) is 0.556. The van der Waals surface area contributed by atoms with Gasteiger partial charge in [-0.05, 0) is 12.0 Å². The van der Waals surface area contributed by atoms with Gasteiger partial charge in [0.05, 0.1) is 13.0 Å². The Labute approximate surface area is 142 Å². The van der Waals surface area contributed by atoms with Crippen molar-refractivity contribution in [3.05, 3.63) is 35.9 Å². The van der Waals surface area contributed by atoms with Gasteiger partial charge in [-0.1, -0.05) is 30.3 Å². The summed E-state index contributed by atoms with van der Waals surface area (Å²) in [4.78, 5) is 26.8. The van der Waals surface area contributed by atoms with Crippen molar-refractivity contribution in [2.24, 2.45) is 0 Å². The van der Waals surface area contributed by atoms with Crippen LogP contribution in [0.15, 0.2) is 30.3 Å². The Morgan fingerprint density at radius 2 is 1.88 bits per heavy atom.